The van der Waals surface area contributed by atoms with E-state index in [-0.39, 0.29) is 0 Å². The third-order valence-electron chi connectivity index (χ3n) is 1.12. The molecule has 1 atom stereocenters. The second-order valence-corrected chi connectivity index (χ2v) is 1.93. The van der Waals surface area contributed by atoms with Crippen molar-refractivity contribution < 1.29 is 5.11 Å². The molecular weight excluding hydrogens is 112 g/mol. The van der Waals surface area contributed by atoms with E-state index in [0.717, 1.165) is 5.57 Å². The summed E-state index contributed by atoms with van der Waals surface area (Å²) in [6.45, 7) is 1.71. The molecule has 0 aromatic carbocycles. The predicted octanol–water partition coefficient (Wildman–Crippen LogP) is 1.17. The molecule has 0 bridgehead atoms. The summed E-state index contributed by atoms with van der Waals surface area (Å²) in [6, 6.07) is 0. The van der Waals surface area contributed by atoms with Crippen LogP contribution in [0.4, 0.5) is 0 Å². The van der Waals surface area contributed by atoms with Gasteiger partial charge in [-0.25, -0.2) is 0 Å². The SMILES string of the molecule is C[C@@H](O)C1=C=C=CC=C1. The van der Waals surface area contributed by atoms with E-state index in [9.17, 15) is 0 Å². The summed E-state index contributed by atoms with van der Waals surface area (Å²) in [6.07, 6.45) is 4.98. The van der Waals surface area contributed by atoms with E-state index in [4.69, 9.17) is 5.11 Å². The average molecular weight is 120 g/mol. The number of rotatable bonds is 1. The van der Waals surface area contributed by atoms with Gasteiger partial charge in [0.05, 0.1) is 6.10 Å². The summed E-state index contributed by atoms with van der Waals surface area (Å²) in [5, 5.41) is 8.97. The first-order valence-electron chi connectivity index (χ1n) is 2.87. The predicted molar refractivity (Wildman–Crippen MR) is 35.9 cm³/mol. The highest BCUT2D eigenvalue weighted by Gasteiger charge is 1.98. The summed E-state index contributed by atoms with van der Waals surface area (Å²) in [5.41, 5.74) is 6.34. The fraction of sp³-hybridized carbons (Fsp3) is 0.250. The molecular formula is C8H8O. The molecule has 0 aromatic rings. The average Bonchev–Trinajstić information content (AvgIpc) is 1.90. The smallest absolute Gasteiger partial charge is 0.0840 e. The van der Waals surface area contributed by atoms with Crippen molar-refractivity contribution >= 4 is 0 Å². The molecule has 0 heterocycles. The highest BCUT2D eigenvalue weighted by atomic mass is 16.3. The minimum atomic E-state index is -0.428. The maximum atomic E-state index is 8.97. The molecule has 0 fully saturated rings. The zero-order valence-electron chi connectivity index (χ0n) is 5.26. The fourth-order valence-electron chi connectivity index (χ4n) is 0.610. The van der Waals surface area contributed by atoms with E-state index in [1.165, 1.54) is 0 Å². The molecule has 0 amide bonds. The molecule has 0 aliphatic heterocycles. The van der Waals surface area contributed by atoms with E-state index in [1.807, 2.05) is 12.2 Å². The van der Waals surface area contributed by atoms with Gasteiger partial charge in [-0.1, -0.05) is 17.5 Å². The number of aliphatic hydroxyl groups is 1. The summed E-state index contributed by atoms with van der Waals surface area (Å²) in [7, 11) is 0. The lowest BCUT2D eigenvalue weighted by Gasteiger charge is -2.00. The van der Waals surface area contributed by atoms with Crippen LogP contribution in [0.25, 0.3) is 0 Å². The number of hydrogen-bond acceptors (Lipinski definition) is 1. The Morgan fingerprint density at radius 2 is 2.44 bits per heavy atom. The normalized spacial score (nSPS) is 17.8. The zero-order chi connectivity index (χ0) is 6.69. The topological polar surface area (TPSA) is 20.2 Å². The van der Waals surface area contributed by atoms with Crippen molar-refractivity contribution in [1.82, 2.24) is 0 Å². The lowest BCUT2D eigenvalue weighted by Crippen LogP contribution is -2.00. The first kappa shape index (κ1) is 6.12. The van der Waals surface area contributed by atoms with E-state index in [2.05, 4.69) is 11.5 Å². The van der Waals surface area contributed by atoms with Gasteiger partial charge in [-0.15, -0.1) is 0 Å². The van der Waals surface area contributed by atoms with Gasteiger partial charge in [0, 0.05) is 5.57 Å². The minimum absolute atomic E-state index is 0.428. The number of aliphatic hydroxyl groups excluding tert-OH is 1. The zero-order valence-corrected chi connectivity index (χ0v) is 5.26. The van der Waals surface area contributed by atoms with E-state index >= 15 is 0 Å². The first-order chi connectivity index (χ1) is 4.30. The lowest BCUT2D eigenvalue weighted by molar-refractivity contribution is 0.235. The van der Waals surface area contributed by atoms with Gasteiger partial charge in [0.15, 0.2) is 0 Å². The highest BCUT2D eigenvalue weighted by Crippen LogP contribution is 2.03. The highest BCUT2D eigenvalue weighted by molar-refractivity contribution is 5.27. The van der Waals surface area contributed by atoms with Gasteiger partial charge in [-0.05, 0) is 19.1 Å². The Labute approximate surface area is 54.3 Å². The third-order valence-corrected chi connectivity index (χ3v) is 1.12. The van der Waals surface area contributed by atoms with Gasteiger partial charge >= 0.3 is 0 Å². The van der Waals surface area contributed by atoms with Crippen molar-refractivity contribution in [1.29, 1.82) is 0 Å². The Kier molecular flexibility index (Phi) is 1.72. The van der Waals surface area contributed by atoms with Gasteiger partial charge in [-0.3, -0.25) is 0 Å². The van der Waals surface area contributed by atoms with Crippen molar-refractivity contribution in [3.05, 3.63) is 35.3 Å². The van der Waals surface area contributed by atoms with Crippen LogP contribution in [0, 0.1) is 0 Å². The van der Waals surface area contributed by atoms with Crippen molar-refractivity contribution in [2.75, 3.05) is 0 Å². The van der Waals surface area contributed by atoms with Gasteiger partial charge in [0.2, 0.25) is 0 Å². The Balaban J connectivity index is 2.94. The quantitative estimate of drug-likeness (QED) is 0.515. The maximum absolute atomic E-state index is 8.97. The largest absolute Gasteiger partial charge is 0.388 e. The van der Waals surface area contributed by atoms with Crippen LogP contribution in [0.5, 0.6) is 0 Å². The van der Waals surface area contributed by atoms with Crippen molar-refractivity contribution in [3.8, 4) is 0 Å². The second kappa shape index (κ2) is 2.52. The molecule has 1 rings (SSSR count). The molecule has 0 saturated carbocycles. The molecule has 0 saturated heterocycles. The van der Waals surface area contributed by atoms with Crippen molar-refractivity contribution in [2.24, 2.45) is 0 Å². The standard InChI is InChI=1S/C8H8O/c1-7(9)8-5-3-2-4-6-8/h2-3,5,7,9H,1H3/t7-/m1/s1. The maximum Gasteiger partial charge on any atom is 0.0840 e. The van der Waals surface area contributed by atoms with Gasteiger partial charge in [0.1, 0.15) is 0 Å². The summed E-state index contributed by atoms with van der Waals surface area (Å²) >= 11 is 0. The molecule has 1 nitrogen and oxygen atoms in total. The van der Waals surface area contributed by atoms with Crippen LogP contribution in [0.3, 0.4) is 0 Å². The van der Waals surface area contributed by atoms with Crippen molar-refractivity contribution in [3.63, 3.8) is 0 Å². The van der Waals surface area contributed by atoms with E-state index < -0.39 is 6.10 Å². The van der Waals surface area contributed by atoms with Gasteiger partial charge < -0.3 is 5.11 Å². The van der Waals surface area contributed by atoms with Crippen LogP contribution < -0.4 is 0 Å². The molecule has 0 aromatic heterocycles. The van der Waals surface area contributed by atoms with Crippen LogP contribution in [0.2, 0.25) is 0 Å². The second-order valence-electron chi connectivity index (χ2n) is 1.93. The Bertz CT molecular complexity index is 221. The fourth-order valence-corrected chi connectivity index (χ4v) is 0.610. The third kappa shape index (κ3) is 1.45. The monoisotopic (exact) mass is 120 g/mol. The molecule has 1 N–H and O–H groups in total. The lowest BCUT2D eigenvalue weighted by atomic mass is 10.1. The molecule has 1 aliphatic rings. The summed E-state index contributed by atoms with van der Waals surface area (Å²) < 4.78 is 0. The Morgan fingerprint density at radius 3 is 2.78 bits per heavy atom. The Morgan fingerprint density at radius 1 is 1.67 bits per heavy atom. The molecule has 0 radical (unpaired) electrons. The molecule has 1 aliphatic carbocycles. The minimum Gasteiger partial charge on any atom is -0.388 e. The van der Waals surface area contributed by atoms with Crippen LogP contribution in [-0.2, 0) is 0 Å². The molecule has 0 spiro atoms. The first-order valence-corrected chi connectivity index (χ1v) is 2.87. The number of allylic oxidation sites excluding steroid dienone is 2. The number of hydrogen-bond donors (Lipinski definition) is 1. The van der Waals surface area contributed by atoms with Crippen LogP contribution in [0.15, 0.2) is 35.3 Å². The van der Waals surface area contributed by atoms with Crippen LogP contribution in [-0.4, -0.2) is 11.2 Å². The molecule has 0 unspecified atom stereocenters. The Hall–Kier alpha value is -1.00. The molecule has 1 heteroatoms. The van der Waals surface area contributed by atoms with Gasteiger partial charge in [0.25, 0.3) is 0 Å². The summed E-state index contributed by atoms with van der Waals surface area (Å²) in [4.78, 5) is 0. The van der Waals surface area contributed by atoms with E-state index in [0.29, 0.717) is 0 Å². The summed E-state index contributed by atoms with van der Waals surface area (Å²) in [5.74, 6) is 0. The molecule has 9 heavy (non-hydrogen) atoms. The molecule has 46 valence electrons. The van der Waals surface area contributed by atoms with Gasteiger partial charge in [-0.2, -0.15) is 0 Å². The van der Waals surface area contributed by atoms with Crippen LogP contribution in [0.1, 0.15) is 6.92 Å². The van der Waals surface area contributed by atoms with Crippen LogP contribution >= 0.6 is 0 Å². The van der Waals surface area contributed by atoms with Crippen molar-refractivity contribution in [2.45, 2.75) is 13.0 Å². The van der Waals surface area contributed by atoms with E-state index in [1.54, 1.807) is 13.0 Å².